The molecule has 10 heteroatoms. The Morgan fingerprint density at radius 3 is 2.67 bits per heavy atom. The first-order valence-electron chi connectivity index (χ1n) is 10.3. The molecule has 1 amide bonds. The predicted molar refractivity (Wildman–Crippen MR) is 137 cm³/mol. The molecule has 4 aromatic rings. The van der Waals surface area contributed by atoms with Crippen LogP contribution in [0.4, 0.5) is 21.6 Å². The molecule has 4 rings (SSSR count). The minimum atomic E-state index is -0.0529. The highest BCUT2D eigenvalue weighted by Gasteiger charge is 2.20. The van der Waals surface area contributed by atoms with Gasteiger partial charge in [0.15, 0.2) is 9.47 Å². The van der Waals surface area contributed by atoms with Crippen LogP contribution in [0.3, 0.4) is 0 Å². The number of thioether (sulfide) groups is 1. The van der Waals surface area contributed by atoms with Crippen LogP contribution in [0.5, 0.6) is 5.75 Å². The molecule has 170 valence electrons. The maximum absolute atomic E-state index is 12.4. The monoisotopic (exact) mass is 497 g/mol. The molecular formula is C23H23N5O2S3. The molecule has 0 aliphatic rings. The smallest absolute Gasteiger partial charge is 0.230 e. The molecule has 0 saturated carbocycles. The molecule has 33 heavy (non-hydrogen) atoms. The lowest BCUT2D eigenvalue weighted by atomic mass is 10.1. The Morgan fingerprint density at radius 1 is 1.15 bits per heavy atom. The van der Waals surface area contributed by atoms with Crippen molar-refractivity contribution in [2.24, 2.45) is 0 Å². The van der Waals surface area contributed by atoms with Crippen molar-refractivity contribution in [1.82, 2.24) is 15.2 Å². The van der Waals surface area contributed by atoms with Crippen LogP contribution in [0.25, 0.3) is 0 Å². The van der Waals surface area contributed by atoms with Crippen molar-refractivity contribution < 1.29 is 9.53 Å². The number of thiazole rings is 1. The van der Waals surface area contributed by atoms with Crippen LogP contribution in [-0.4, -0.2) is 28.2 Å². The molecular weight excluding hydrogens is 474 g/mol. The summed E-state index contributed by atoms with van der Waals surface area (Å²) in [5, 5.41) is 15.1. The van der Waals surface area contributed by atoms with Gasteiger partial charge in [0.05, 0.1) is 18.5 Å². The van der Waals surface area contributed by atoms with Gasteiger partial charge in [0.2, 0.25) is 11.0 Å². The number of aromatic nitrogens is 3. The fourth-order valence-corrected chi connectivity index (χ4v) is 5.80. The number of methoxy groups -OCH3 is 1. The van der Waals surface area contributed by atoms with E-state index in [9.17, 15) is 4.79 Å². The third-order valence-corrected chi connectivity index (χ3v) is 7.63. The highest BCUT2D eigenvalue weighted by Crippen LogP contribution is 2.34. The van der Waals surface area contributed by atoms with E-state index in [1.54, 1.807) is 30.7 Å². The second kappa shape index (κ2) is 10.8. The van der Waals surface area contributed by atoms with Gasteiger partial charge in [-0.1, -0.05) is 48.2 Å². The maximum Gasteiger partial charge on any atom is 0.230 e. The first-order chi connectivity index (χ1) is 16.1. The number of nitrogens with zero attached hydrogens (tertiary/aromatic N) is 4. The fraction of sp³-hybridized carbons (Fsp3) is 0.217. The van der Waals surface area contributed by atoms with Crippen LogP contribution in [0.1, 0.15) is 25.1 Å². The number of nitrogens with one attached hydrogen (secondary N) is 1. The zero-order valence-corrected chi connectivity index (χ0v) is 20.9. The van der Waals surface area contributed by atoms with Gasteiger partial charge in [-0.2, -0.15) is 0 Å². The third kappa shape index (κ3) is 5.70. The normalized spacial score (nSPS) is 10.8. The van der Waals surface area contributed by atoms with E-state index in [4.69, 9.17) is 9.72 Å². The van der Waals surface area contributed by atoms with Gasteiger partial charge in [-0.15, -0.1) is 21.5 Å². The molecule has 2 aromatic heterocycles. The largest absolute Gasteiger partial charge is 0.497 e. The highest BCUT2D eigenvalue weighted by atomic mass is 32.2. The first-order valence-corrected chi connectivity index (χ1v) is 13.0. The summed E-state index contributed by atoms with van der Waals surface area (Å²) < 4.78 is 6.03. The van der Waals surface area contributed by atoms with Crippen molar-refractivity contribution >= 4 is 62.0 Å². The minimum absolute atomic E-state index is 0.0529. The van der Waals surface area contributed by atoms with Crippen LogP contribution >= 0.6 is 34.4 Å². The summed E-state index contributed by atoms with van der Waals surface area (Å²) in [6, 6.07) is 15.6. The third-order valence-electron chi connectivity index (χ3n) is 4.75. The van der Waals surface area contributed by atoms with Gasteiger partial charge < -0.3 is 10.1 Å². The number of rotatable bonds is 9. The topological polar surface area (TPSA) is 80.2 Å². The second-order valence-corrected chi connectivity index (χ2v) is 10.0. The van der Waals surface area contributed by atoms with Crippen molar-refractivity contribution in [3.05, 3.63) is 65.2 Å². The van der Waals surface area contributed by atoms with Gasteiger partial charge in [0, 0.05) is 23.7 Å². The van der Waals surface area contributed by atoms with Gasteiger partial charge in [-0.05, 0) is 42.3 Å². The van der Waals surface area contributed by atoms with Crippen molar-refractivity contribution in [2.75, 3.05) is 17.3 Å². The number of ether oxygens (including phenoxy) is 1. The van der Waals surface area contributed by atoms with Gasteiger partial charge in [0.25, 0.3) is 0 Å². The molecule has 0 spiro atoms. The number of benzene rings is 2. The van der Waals surface area contributed by atoms with E-state index in [0.29, 0.717) is 10.9 Å². The lowest BCUT2D eigenvalue weighted by molar-refractivity contribution is -0.115. The van der Waals surface area contributed by atoms with Crippen LogP contribution in [0.15, 0.2) is 58.3 Å². The van der Waals surface area contributed by atoms with E-state index in [1.165, 1.54) is 22.7 Å². The fourth-order valence-electron chi connectivity index (χ4n) is 3.15. The lowest BCUT2D eigenvalue weighted by Crippen LogP contribution is -2.23. The quantitative estimate of drug-likeness (QED) is 0.272. The summed E-state index contributed by atoms with van der Waals surface area (Å²) in [5.74, 6) is 1.40. The van der Waals surface area contributed by atoms with Gasteiger partial charge in [0.1, 0.15) is 5.75 Å². The molecule has 0 radical (unpaired) electrons. The average molecular weight is 498 g/mol. The van der Waals surface area contributed by atoms with Gasteiger partial charge in [-0.25, -0.2) is 4.98 Å². The molecule has 1 N–H and O–H groups in total. The summed E-state index contributed by atoms with van der Waals surface area (Å²) in [6.45, 7) is 3.65. The summed E-state index contributed by atoms with van der Waals surface area (Å²) in [5.41, 5.74) is 3.83. The Kier molecular flexibility index (Phi) is 7.58. The Bertz CT molecular complexity index is 1220. The zero-order chi connectivity index (χ0) is 23.2. The molecule has 2 aromatic carbocycles. The molecule has 0 atom stereocenters. The van der Waals surface area contributed by atoms with E-state index in [-0.39, 0.29) is 5.91 Å². The van der Waals surface area contributed by atoms with E-state index in [1.807, 2.05) is 53.9 Å². The van der Waals surface area contributed by atoms with Crippen LogP contribution in [0, 0.1) is 0 Å². The van der Waals surface area contributed by atoms with E-state index >= 15 is 0 Å². The summed E-state index contributed by atoms with van der Waals surface area (Å²) in [7, 11) is 1.64. The van der Waals surface area contributed by atoms with Gasteiger partial charge in [-0.3, -0.25) is 9.69 Å². The molecule has 0 aliphatic heterocycles. The van der Waals surface area contributed by atoms with Crippen LogP contribution < -0.4 is 15.0 Å². The number of carbonyl (C=O) groups is 1. The van der Waals surface area contributed by atoms with E-state index in [2.05, 4.69) is 22.4 Å². The number of hydrogen-bond acceptors (Lipinski definition) is 9. The lowest BCUT2D eigenvalue weighted by Gasteiger charge is -2.20. The molecule has 2 heterocycles. The molecule has 7 nitrogen and oxygen atoms in total. The van der Waals surface area contributed by atoms with Crippen LogP contribution in [-0.2, 0) is 17.0 Å². The first kappa shape index (κ1) is 23.2. The Hall–Kier alpha value is -2.95. The second-order valence-electron chi connectivity index (χ2n) is 6.97. The average Bonchev–Trinajstić information content (AvgIpc) is 3.48. The molecule has 0 fully saturated rings. The van der Waals surface area contributed by atoms with Crippen molar-refractivity contribution in [2.45, 2.75) is 30.4 Å². The van der Waals surface area contributed by atoms with Crippen molar-refractivity contribution in [3.8, 4) is 5.75 Å². The summed E-state index contributed by atoms with van der Waals surface area (Å²) in [6.07, 6.45) is 0.845. The van der Waals surface area contributed by atoms with Crippen molar-refractivity contribution in [1.29, 1.82) is 0 Å². The van der Waals surface area contributed by atoms with E-state index < -0.39 is 0 Å². The zero-order valence-electron chi connectivity index (χ0n) is 18.4. The van der Waals surface area contributed by atoms with Gasteiger partial charge >= 0.3 is 0 Å². The van der Waals surface area contributed by atoms with Crippen LogP contribution in [0.2, 0.25) is 0 Å². The number of carbonyl (C=O) groups excluding carboxylic acids is 1. The maximum atomic E-state index is 12.4. The summed E-state index contributed by atoms with van der Waals surface area (Å²) >= 11 is 4.53. The minimum Gasteiger partial charge on any atom is -0.497 e. The Balaban J connectivity index is 1.41. The number of anilines is 4. The molecule has 0 bridgehead atoms. The Morgan fingerprint density at radius 2 is 1.94 bits per heavy atom. The number of amides is 1. The number of para-hydroxylation sites is 1. The predicted octanol–water partition coefficient (Wildman–Crippen LogP) is 6.29. The Labute approximate surface area is 204 Å². The van der Waals surface area contributed by atoms with E-state index in [0.717, 1.165) is 44.3 Å². The highest BCUT2D eigenvalue weighted by molar-refractivity contribution is 8.00. The molecule has 0 saturated heterocycles. The number of hydrogen-bond donors (Lipinski definition) is 1. The molecule has 0 unspecified atom stereocenters. The SMILES string of the molecule is CCc1ccccc1N(C(C)=O)c1nc(CSc2nnc(Nc3ccc(OC)cc3)s2)cs1. The standard InChI is InChI=1S/C23H23N5O2S3/c1-4-16-7-5-6-8-20(16)28(15(2)29)22-25-18(13-31-22)14-32-23-27-26-21(33-23)24-17-9-11-19(30-3)12-10-17/h5-13H,4,14H2,1-3H3,(H,24,26). The number of aryl methyl sites for hydroxylation is 1. The summed E-state index contributed by atoms with van der Waals surface area (Å²) in [4.78, 5) is 18.9. The molecule has 0 aliphatic carbocycles. The van der Waals surface area contributed by atoms with Crippen molar-refractivity contribution in [3.63, 3.8) is 0 Å².